The van der Waals surface area contributed by atoms with E-state index in [1.54, 1.807) is 14.1 Å². The summed E-state index contributed by atoms with van der Waals surface area (Å²) in [6.45, 7) is 6.01. The molecule has 4 atom stereocenters. The summed E-state index contributed by atoms with van der Waals surface area (Å²) < 4.78 is 10.7. The SMILES string of the molecule is CCc1noc(C2CCC[N+](C)(OC(=O)C(=O)O[N+]3(C)CCCC(c4nc(CC)no4)C3)C2)n1. The van der Waals surface area contributed by atoms with Crippen molar-refractivity contribution >= 4 is 11.9 Å². The van der Waals surface area contributed by atoms with Crippen LogP contribution in [-0.2, 0) is 32.1 Å². The Morgan fingerprint density at radius 2 is 1.24 bits per heavy atom. The van der Waals surface area contributed by atoms with Gasteiger partial charge in [-0.2, -0.15) is 9.97 Å². The van der Waals surface area contributed by atoms with Crippen LogP contribution in [0.5, 0.6) is 0 Å². The van der Waals surface area contributed by atoms with Crippen molar-refractivity contribution < 1.29 is 37.6 Å². The van der Waals surface area contributed by atoms with Crippen LogP contribution in [0.25, 0.3) is 0 Å². The Labute approximate surface area is 198 Å². The van der Waals surface area contributed by atoms with E-state index in [2.05, 4.69) is 20.3 Å². The molecule has 0 N–H and O–H groups in total. The van der Waals surface area contributed by atoms with Crippen LogP contribution in [0.4, 0.5) is 0 Å². The predicted octanol–water partition coefficient (Wildman–Crippen LogP) is 1.84. The number of hydrogen-bond donors (Lipinski definition) is 0. The molecular weight excluding hydrogens is 444 g/mol. The predicted molar refractivity (Wildman–Crippen MR) is 115 cm³/mol. The molecule has 2 aromatic heterocycles. The van der Waals surface area contributed by atoms with Crippen LogP contribution in [0, 0.1) is 0 Å². The molecule has 2 aliphatic heterocycles. The highest BCUT2D eigenvalue weighted by atomic mass is 16.8. The summed E-state index contributed by atoms with van der Waals surface area (Å²) in [6, 6.07) is 0. The first-order valence-electron chi connectivity index (χ1n) is 12.0. The van der Waals surface area contributed by atoms with E-state index < -0.39 is 11.9 Å². The minimum Gasteiger partial charge on any atom is -0.339 e. The summed E-state index contributed by atoms with van der Waals surface area (Å²) in [6.07, 6.45) is 4.68. The van der Waals surface area contributed by atoms with E-state index in [-0.39, 0.29) is 21.1 Å². The second kappa shape index (κ2) is 9.79. The van der Waals surface area contributed by atoms with Crippen molar-refractivity contribution in [1.82, 2.24) is 20.3 Å². The fourth-order valence-corrected chi connectivity index (χ4v) is 4.84. The normalized spacial score (nSPS) is 29.5. The van der Waals surface area contributed by atoms with Gasteiger partial charge in [0, 0.05) is 25.7 Å². The monoisotopic (exact) mass is 478 g/mol. The molecule has 12 heteroatoms. The van der Waals surface area contributed by atoms with Crippen LogP contribution in [0.3, 0.4) is 0 Å². The van der Waals surface area contributed by atoms with E-state index in [4.69, 9.17) is 18.7 Å². The third-order valence-electron chi connectivity index (χ3n) is 6.65. The van der Waals surface area contributed by atoms with E-state index in [9.17, 15) is 9.59 Å². The van der Waals surface area contributed by atoms with Crippen LogP contribution in [0.15, 0.2) is 9.05 Å². The van der Waals surface area contributed by atoms with Gasteiger partial charge >= 0.3 is 11.9 Å². The van der Waals surface area contributed by atoms with Gasteiger partial charge in [0.25, 0.3) is 0 Å². The zero-order valence-corrected chi connectivity index (χ0v) is 20.4. The molecule has 2 aromatic rings. The molecule has 0 aliphatic carbocycles. The number of likely N-dealkylation sites (tertiary alicyclic amines) is 2. The van der Waals surface area contributed by atoms with Crippen LogP contribution in [0.1, 0.15) is 74.8 Å². The van der Waals surface area contributed by atoms with Gasteiger partial charge in [0.05, 0.1) is 11.8 Å². The highest BCUT2D eigenvalue weighted by Gasteiger charge is 2.44. The lowest BCUT2D eigenvalue weighted by Gasteiger charge is -2.37. The lowest BCUT2D eigenvalue weighted by Crippen LogP contribution is -2.55. The molecule has 0 amide bonds. The molecule has 0 bridgehead atoms. The molecule has 12 nitrogen and oxygen atoms in total. The van der Waals surface area contributed by atoms with Crippen molar-refractivity contribution in [2.75, 3.05) is 40.3 Å². The first-order chi connectivity index (χ1) is 16.2. The van der Waals surface area contributed by atoms with Crippen molar-refractivity contribution in [1.29, 1.82) is 0 Å². The third kappa shape index (κ3) is 5.44. The van der Waals surface area contributed by atoms with E-state index in [0.29, 0.717) is 62.5 Å². The van der Waals surface area contributed by atoms with Gasteiger partial charge in [-0.05, 0) is 12.8 Å². The second-order valence-electron chi connectivity index (χ2n) is 9.65. The fourth-order valence-electron chi connectivity index (χ4n) is 4.84. The number of aryl methyl sites for hydroxylation is 2. The average molecular weight is 479 g/mol. The zero-order valence-electron chi connectivity index (χ0n) is 20.4. The molecule has 0 radical (unpaired) electrons. The minimum absolute atomic E-state index is 0.0369. The van der Waals surface area contributed by atoms with Crippen LogP contribution >= 0.6 is 0 Å². The van der Waals surface area contributed by atoms with E-state index >= 15 is 0 Å². The maximum absolute atomic E-state index is 12.7. The number of hydroxylamine groups is 6. The van der Waals surface area contributed by atoms with Gasteiger partial charge < -0.3 is 9.05 Å². The molecule has 2 aliphatic rings. The Morgan fingerprint density at radius 1 is 0.824 bits per heavy atom. The maximum Gasteiger partial charge on any atom is 0.480 e. The molecule has 0 saturated carbocycles. The molecule has 4 heterocycles. The Kier molecular flexibility index (Phi) is 6.99. The van der Waals surface area contributed by atoms with Gasteiger partial charge in [-0.15, -0.1) is 9.29 Å². The van der Waals surface area contributed by atoms with Gasteiger partial charge in [-0.3, -0.25) is 9.68 Å². The molecule has 0 spiro atoms. The van der Waals surface area contributed by atoms with Crippen molar-refractivity contribution in [3.8, 4) is 0 Å². The van der Waals surface area contributed by atoms with Gasteiger partial charge in [0.1, 0.15) is 40.3 Å². The topological polar surface area (TPSA) is 130 Å². The Morgan fingerprint density at radius 3 is 1.59 bits per heavy atom. The number of rotatable bonds is 6. The fraction of sp³-hybridized carbons (Fsp3) is 0.727. The summed E-state index contributed by atoms with van der Waals surface area (Å²) in [5.41, 5.74) is 0. The van der Waals surface area contributed by atoms with E-state index in [0.717, 1.165) is 25.7 Å². The van der Waals surface area contributed by atoms with Gasteiger partial charge in [-0.25, -0.2) is 9.59 Å². The molecule has 2 saturated heterocycles. The number of carbonyl (C=O) groups is 2. The lowest BCUT2D eigenvalue weighted by molar-refractivity contribution is -1.08. The standard InChI is InChI=1S/C22H34N6O6/c1-5-17-23-19(31-25-17)15-9-7-11-27(3,13-15)33-21(29)22(30)34-28(4)12-8-10-16(14-28)20-24-18(6-2)26-32-20/h15-16H,5-14H2,1-4H3/q+2. The number of likely N-dealkylation sites (N-methyl/N-ethyl adjacent to an activating group) is 2. The van der Waals surface area contributed by atoms with Gasteiger partial charge in [-0.1, -0.05) is 24.2 Å². The van der Waals surface area contributed by atoms with E-state index in [1.165, 1.54) is 0 Å². The smallest absolute Gasteiger partial charge is 0.339 e. The van der Waals surface area contributed by atoms with Gasteiger partial charge in [0.2, 0.25) is 11.8 Å². The first kappa shape index (κ1) is 24.3. The highest BCUT2D eigenvalue weighted by molar-refractivity contribution is 6.29. The average Bonchev–Trinajstić information content (AvgIpc) is 3.48. The summed E-state index contributed by atoms with van der Waals surface area (Å²) in [5.74, 6) is 0.312. The zero-order chi connectivity index (χ0) is 24.3. The Bertz CT molecular complexity index is 943. The molecule has 2 fully saturated rings. The molecule has 186 valence electrons. The summed E-state index contributed by atoms with van der Waals surface area (Å²) in [4.78, 5) is 45.5. The van der Waals surface area contributed by atoms with Crippen LogP contribution < -0.4 is 0 Å². The number of aromatic nitrogens is 4. The number of quaternary nitrogens is 2. The Balaban J connectivity index is 1.35. The summed E-state index contributed by atoms with van der Waals surface area (Å²) in [5, 5.41) is 7.92. The number of nitrogens with zero attached hydrogens (tertiary/aromatic N) is 6. The maximum atomic E-state index is 12.7. The number of hydrogen-bond acceptors (Lipinski definition) is 10. The van der Waals surface area contributed by atoms with Gasteiger partial charge in [0.15, 0.2) is 11.6 Å². The second-order valence-corrected chi connectivity index (χ2v) is 9.65. The lowest BCUT2D eigenvalue weighted by atomic mass is 9.98. The van der Waals surface area contributed by atoms with E-state index in [1.807, 2.05) is 13.8 Å². The largest absolute Gasteiger partial charge is 0.480 e. The Hall–Kier alpha value is -2.86. The first-order valence-corrected chi connectivity index (χ1v) is 12.0. The highest BCUT2D eigenvalue weighted by Crippen LogP contribution is 2.31. The van der Waals surface area contributed by atoms with Crippen LogP contribution in [-0.4, -0.2) is 81.8 Å². The molecule has 0 aromatic carbocycles. The third-order valence-corrected chi connectivity index (χ3v) is 6.65. The van der Waals surface area contributed by atoms with Crippen molar-refractivity contribution in [2.45, 2.75) is 64.2 Å². The quantitative estimate of drug-likeness (QED) is 0.448. The summed E-state index contributed by atoms with van der Waals surface area (Å²) in [7, 11) is 3.56. The van der Waals surface area contributed by atoms with Crippen molar-refractivity contribution in [3.05, 3.63) is 23.4 Å². The van der Waals surface area contributed by atoms with Crippen molar-refractivity contribution in [3.63, 3.8) is 0 Å². The molecule has 4 rings (SSSR count). The minimum atomic E-state index is -1.00. The molecule has 4 unspecified atom stereocenters. The van der Waals surface area contributed by atoms with Crippen LogP contribution in [0.2, 0.25) is 0 Å². The number of carbonyl (C=O) groups excluding carboxylic acids is 2. The molecule has 34 heavy (non-hydrogen) atoms. The molecular formula is C22H34N6O6+2. The summed E-state index contributed by atoms with van der Waals surface area (Å²) >= 11 is 0. The van der Waals surface area contributed by atoms with Crippen molar-refractivity contribution in [2.24, 2.45) is 0 Å². The number of piperidine rings is 2.